The molecule has 2 aromatic rings. The van der Waals surface area contributed by atoms with Gasteiger partial charge in [0.05, 0.1) is 11.4 Å². The normalized spacial score (nSPS) is 17.1. The monoisotopic (exact) mass is 331 g/mol. The molecule has 0 radical (unpaired) electrons. The van der Waals surface area contributed by atoms with Crippen LogP contribution in [0.2, 0.25) is 0 Å². The molecule has 0 saturated carbocycles. The first-order valence-corrected chi connectivity index (χ1v) is 7.99. The highest BCUT2D eigenvalue weighted by Gasteiger charge is 2.23. The fourth-order valence-electron chi connectivity index (χ4n) is 2.42. The molecule has 0 fully saturated rings. The fourth-order valence-corrected chi connectivity index (χ4v) is 3.17. The fraction of sp³-hybridized carbons (Fsp3) is 0.214. The number of hydrogen-bond donors (Lipinski definition) is 3. The molecule has 1 amide bonds. The lowest BCUT2D eigenvalue weighted by Crippen LogP contribution is -2.53. The third-order valence-electron chi connectivity index (χ3n) is 3.54. The predicted molar refractivity (Wildman–Crippen MR) is 85.1 cm³/mol. The summed E-state index contributed by atoms with van der Waals surface area (Å²) in [6.45, 7) is 2.02. The minimum absolute atomic E-state index is 0.0138. The van der Waals surface area contributed by atoms with E-state index in [-0.39, 0.29) is 18.6 Å². The van der Waals surface area contributed by atoms with Gasteiger partial charge < -0.3 is 15.8 Å². The second-order valence-electron chi connectivity index (χ2n) is 5.39. The van der Waals surface area contributed by atoms with Crippen LogP contribution in [0.25, 0.3) is 5.70 Å². The Morgan fingerprint density at radius 1 is 1.43 bits per heavy atom. The summed E-state index contributed by atoms with van der Waals surface area (Å²) < 4.78 is 7.22. The molecular formula is C14H15N6O2S+. The molecule has 1 aromatic carbocycles. The standard InChI is InChI=1S/C14H14N6O2S/c1-7(15)13-17-18-14-20(13)19-10(6-23-14)8-2-3-11-9(4-8)16-12(21)5-22-11/h2-4,6-7,19H,5,15H2,1H3,(H,16,21)/p+1/t7-/m0/s1. The summed E-state index contributed by atoms with van der Waals surface area (Å²) in [6.07, 6.45) is 0. The van der Waals surface area contributed by atoms with Gasteiger partial charge in [-0.05, 0) is 25.1 Å². The molecule has 8 nitrogen and oxygen atoms in total. The smallest absolute Gasteiger partial charge is 0.262 e. The van der Waals surface area contributed by atoms with Crippen molar-refractivity contribution < 1.29 is 15.3 Å². The van der Waals surface area contributed by atoms with E-state index in [1.807, 2.05) is 35.2 Å². The number of carbonyl (C=O) groups is 1. The Hall–Kier alpha value is -2.52. The maximum atomic E-state index is 11.5. The quantitative estimate of drug-likeness (QED) is 0.742. The number of thioether (sulfide) groups is 1. The Labute approximate surface area is 136 Å². The Kier molecular flexibility index (Phi) is 3.24. The highest BCUT2D eigenvalue weighted by Crippen LogP contribution is 2.34. The number of aromatic nitrogens is 3. The molecular weight excluding hydrogens is 316 g/mol. The van der Waals surface area contributed by atoms with Crippen LogP contribution in [0.5, 0.6) is 5.75 Å². The molecule has 2 aliphatic rings. The molecule has 0 unspecified atom stereocenters. The van der Waals surface area contributed by atoms with Crippen molar-refractivity contribution in [2.45, 2.75) is 18.1 Å². The van der Waals surface area contributed by atoms with Crippen molar-refractivity contribution >= 4 is 29.1 Å². The lowest BCUT2D eigenvalue weighted by molar-refractivity contribution is -0.423. The van der Waals surface area contributed by atoms with Gasteiger partial charge in [-0.15, -0.1) is 10.2 Å². The zero-order valence-electron chi connectivity index (χ0n) is 12.4. The van der Waals surface area contributed by atoms with Gasteiger partial charge in [0.1, 0.15) is 11.8 Å². The third-order valence-corrected chi connectivity index (χ3v) is 4.37. The van der Waals surface area contributed by atoms with Gasteiger partial charge >= 0.3 is 0 Å². The number of anilines is 1. The van der Waals surface area contributed by atoms with Crippen LogP contribution in [-0.2, 0) is 4.79 Å². The van der Waals surface area contributed by atoms with Gasteiger partial charge in [0.15, 0.2) is 6.61 Å². The van der Waals surface area contributed by atoms with Crippen LogP contribution in [0.1, 0.15) is 24.4 Å². The number of ether oxygens (including phenoxy) is 1. The number of quaternary nitrogens is 1. The van der Waals surface area contributed by atoms with E-state index < -0.39 is 0 Å². The van der Waals surface area contributed by atoms with Gasteiger partial charge in [0, 0.05) is 11.0 Å². The SMILES string of the molecule is C[C@H]([NH3+])c1nnc2n1NC(c1ccc3c(c1)NC(=O)CO3)=CS2. The molecule has 1 aromatic heterocycles. The molecule has 0 bridgehead atoms. The van der Waals surface area contributed by atoms with Crippen LogP contribution in [0.15, 0.2) is 28.8 Å². The summed E-state index contributed by atoms with van der Waals surface area (Å²) in [4.78, 5) is 11.5. The van der Waals surface area contributed by atoms with Gasteiger partial charge in [-0.2, -0.15) is 0 Å². The van der Waals surface area contributed by atoms with Crippen molar-refractivity contribution in [3.63, 3.8) is 0 Å². The van der Waals surface area contributed by atoms with Gasteiger partial charge in [-0.1, -0.05) is 11.8 Å². The van der Waals surface area contributed by atoms with Crippen LogP contribution in [0, 0.1) is 0 Å². The largest absolute Gasteiger partial charge is 0.482 e. The van der Waals surface area contributed by atoms with E-state index >= 15 is 0 Å². The van der Waals surface area contributed by atoms with Gasteiger partial charge in [-0.3, -0.25) is 10.2 Å². The molecule has 0 spiro atoms. The average molecular weight is 331 g/mol. The average Bonchev–Trinajstić information content (AvgIpc) is 2.97. The summed E-state index contributed by atoms with van der Waals surface area (Å²) in [6, 6.07) is 5.69. The molecule has 1 atom stereocenters. The number of fused-ring (bicyclic) bond motifs is 2. The highest BCUT2D eigenvalue weighted by molar-refractivity contribution is 8.02. The van der Waals surface area contributed by atoms with E-state index in [1.165, 1.54) is 11.8 Å². The van der Waals surface area contributed by atoms with E-state index in [2.05, 4.69) is 26.7 Å². The Balaban J connectivity index is 1.66. The van der Waals surface area contributed by atoms with Crippen LogP contribution < -0.4 is 21.2 Å². The van der Waals surface area contributed by atoms with Crippen LogP contribution in [-0.4, -0.2) is 27.4 Å². The van der Waals surface area contributed by atoms with Crippen molar-refractivity contribution in [3.8, 4) is 5.75 Å². The van der Waals surface area contributed by atoms with Gasteiger partial charge in [0.25, 0.3) is 5.91 Å². The van der Waals surface area contributed by atoms with Crippen molar-refractivity contribution in [1.29, 1.82) is 0 Å². The second kappa shape index (κ2) is 5.28. The Morgan fingerprint density at radius 3 is 3.13 bits per heavy atom. The van der Waals surface area contributed by atoms with Crippen molar-refractivity contribution in [2.75, 3.05) is 17.3 Å². The summed E-state index contributed by atoms with van der Waals surface area (Å²) in [5.74, 6) is 1.30. The maximum Gasteiger partial charge on any atom is 0.262 e. The summed E-state index contributed by atoms with van der Waals surface area (Å²) in [7, 11) is 0. The van der Waals surface area contributed by atoms with E-state index in [0.717, 1.165) is 22.2 Å². The molecule has 9 heteroatoms. The summed E-state index contributed by atoms with van der Waals surface area (Å²) in [5.41, 5.74) is 9.80. The zero-order valence-corrected chi connectivity index (χ0v) is 13.2. The lowest BCUT2D eigenvalue weighted by atomic mass is 10.1. The minimum atomic E-state index is -0.149. The molecule has 3 heterocycles. The first-order valence-electron chi connectivity index (χ1n) is 7.11. The number of nitrogens with one attached hydrogen (secondary N) is 2. The van der Waals surface area contributed by atoms with E-state index in [1.54, 1.807) is 0 Å². The van der Waals surface area contributed by atoms with Gasteiger partial charge in [-0.25, -0.2) is 4.68 Å². The summed E-state index contributed by atoms with van der Waals surface area (Å²) in [5, 5.41) is 13.9. The molecule has 0 aliphatic carbocycles. The van der Waals surface area contributed by atoms with Crippen LogP contribution >= 0.6 is 11.8 Å². The Bertz CT molecular complexity index is 829. The van der Waals surface area contributed by atoms with E-state index in [9.17, 15) is 4.79 Å². The van der Waals surface area contributed by atoms with Gasteiger partial charge in [0.2, 0.25) is 11.0 Å². The predicted octanol–water partition coefficient (Wildman–Crippen LogP) is 0.560. The van der Waals surface area contributed by atoms with Crippen LogP contribution in [0.4, 0.5) is 5.69 Å². The molecule has 0 saturated heterocycles. The highest BCUT2D eigenvalue weighted by atomic mass is 32.2. The first kappa shape index (κ1) is 14.1. The number of nitrogens with zero attached hydrogens (tertiary/aromatic N) is 3. The number of hydrogen-bond acceptors (Lipinski definition) is 6. The third kappa shape index (κ3) is 2.43. The minimum Gasteiger partial charge on any atom is -0.482 e. The second-order valence-corrected chi connectivity index (χ2v) is 6.22. The molecule has 4 rings (SSSR count). The van der Waals surface area contributed by atoms with E-state index in [4.69, 9.17) is 4.74 Å². The zero-order chi connectivity index (χ0) is 16.0. The first-order chi connectivity index (χ1) is 11.1. The number of rotatable bonds is 2. The number of benzene rings is 1. The molecule has 5 N–H and O–H groups in total. The topological polar surface area (TPSA) is 109 Å². The number of carbonyl (C=O) groups excluding carboxylic acids is 1. The Morgan fingerprint density at radius 2 is 2.30 bits per heavy atom. The maximum absolute atomic E-state index is 11.5. The van der Waals surface area contributed by atoms with Crippen molar-refractivity contribution in [1.82, 2.24) is 14.9 Å². The van der Waals surface area contributed by atoms with Crippen LogP contribution in [0.3, 0.4) is 0 Å². The summed E-state index contributed by atoms with van der Waals surface area (Å²) >= 11 is 1.49. The molecule has 2 aliphatic heterocycles. The molecule has 118 valence electrons. The van der Waals surface area contributed by atoms with E-state index in [0.29, 0.717) is 11.4 Å². The lowest BCUT2D eigenvalue weighted by Gasteiger charge is -2.22. The molecule has 23 heavy (non-hydrogen) atoms. The van der Waals surface area contributed by atoms with Crippen molar-refractivity contribution in [3.05, 3.63) is 35.0 Å². The number of amides is 1. The van der Waals surface area contributed by atoms with Crippen molar-refractivity contribution in [2.24, 2.45) is 0 Å².